The van der Waals surface area contributed by atoms with Crippen molar-refractivity contribution in [3.63, 3.8) is 0 Å². The summed E-state index contributed by atoms with van der Waals surface area (Å²) < 4.78 is 7.27. The summed E-state index contributed by atoms with van der Waals surface area (Å²) in [4.78, 5) is 0. The highest BCUT2D eigenvalue weighted by Crippen LogP contribution is 2.21. The Hall–Kier alpha value is -0.0900. The van der Waals surface area contributed by atoms with E-state index in [4.69, 9.17) is 4.74 Å². The molecule has 88 valence electrons. The summed E-state index contributed by atoms with van der Waals surface area (Å²) in [5.74, 6) is 0. The largest absolute Gasteiger partial charge is 0.374 e. The lowest BCUT2D eigenvalue weighted by Crippen LogP contribution is -2.11. The summed E-state index contributed by atoms with van der Waals surface area (Å²) in [5.41, 5.74) is 1.30. The summed E-state index contributed by atoms with van der Waals surface area (Å²) in [6.45, 7) is 0.779. The molecule has 0 aromatic heterocycles. The molecule has 0 bridgehead atoms. The van der Waals surface area contributed by atoms with Crippen LogP contribution in [0.2, 0.25) is 0 Å². The Labute approximate surface area is 112 Å². The van der Waals surface area contributed by atoms with Crippen molar-refractivity contribution in [3.8, 4) is 0 Å². The van der Waals surface area contributed by atoms with Crippen LogP contribution < -0.4 is 0 Å². The van der Waals surface area contributed by atoms with Gasteiger partial charge in [-0.25, -0.2) is 0 Å². The fourth-order valence-electron chi connectivity index (χ4n) is 2.20. The lowest BCUT2D eigenvalue weighted by Gasteiger charge is -2.15. The first-order valence-electron chi connectivity index (χ1n) is 6.20. The highest BCUT2D eigenvalue weighted by atomic mass is 127. The molecule has 1 aliphatic rings. The second-order valence-electron chi connectivity index (χ2n) is 4.55. The molecule has 0 atom stereocenters. The van der Waals surface area contributed by atoms with E-state index in [1.807, 2.05) is 0 Å². The van der Waals surface area contributed by atoms with E-state index in [-0.39, 0.29) is 0 Å². The molecule has 2 rings (SSSR count). The molecular formula is C14H19IO. The maximum Gasteiger partial charge on any atom is 0.0720 e. The van der Waals surface area contributed by atoms with Crippen LogP contribution in [-0.2, 0) is 11.3 Å². The maximum absolute atomic E-state index is 5.99. The molecule has 0 heterocycles. The van der Waals surface area contributed by atoms with Crippen LogP contribution in [0.5, 0.6) is 0 Å². The Balaban J connectivity index is 1.79. The lowest BCUT2D eigenvalue weighted by atomic mass is 10.1. The van der Waals surface area contributed by atoms with Gasteiger partial charge in [0.15, 0.2) is 0 Å². The van der Waals surface area contributed by atoms with E-state index in [0.29, 0.717) is 6.10 Å². The van der Waals surface area contributed by atoms with E-state index in [0.717, 1.165) is 6.61 Å². The van der Waals surface area contributed by atoms with Gasteiger partial charge >= 0.3 is 0 Å². The van der Waals surface area contributed by atoms with Crippen molar-refractivity contribution in [3.05, 3.63) is 33.4 Å². The molecule has 1 saturated carbocycles. The van der Waals surface area contributed by atoms with Gasteiger partial charge in [0, 0.05) is 3.57 Å². The van der Waals surface area contributed by atoms with Crippen molar-refractivity contribution in [1.82, 2.24) is 0 Å². The molecule has 0 saturated heterocycles. The molecule has 0 radical (unpaired) electrons. The summed E-state index contributed by atoms with van der Waals surface area (Å²) in [7, 11) is 0. The van der Waals surface area contributed by atoms with E-state index < -0.39 is 0 Å². The lowest BCUT2D eigenvalue weighted by molar-refractivity contribution is 0.0310. The average Bonchev–Trinajstić information content (AvgIpc) is 2.57. The van der Waals surface area contributed by atoms with Crippen LogP contribution in [-0.4, -0.2) is 6.10 Å². The normalized spacial score (nSPS) is 18.3. The predicted molar refractivity (Wildman–Crippen MR) is 75.4 cm³/mol. The van der Waals surface area contributed by atoms with E-state index in [9.17, 15) is 0 Å². The molecular weight excluding hydrogens is 311 g/mol. The number of benzene rings is 1. The third-order valence-corrected chi connectivity index (χ3v) is 3.92. The minimum atomic E-state index is 0.502. The Bertz CT molecular complexity index is 299. The maximum atomic E-state index is 5.99. The standard InChI is InChI=1S/C14H19IO/c15-13-9-7-12(8-10-13)11-16-14-5-3-1-2-4-6-14/h7-10,14H,1-6,11H2. The molecule has 0 unspecified atom stereocenters. The molecule has 0 aliphatic heterocycles. The molecule has 0 spiro atoms. The van der Waals surface area contributed by atoms with Crippen molar-refractivity contribution in [1.29, 1.82) is 0 Å². The van der Waals surface area contributed by atoms with Gasteiger partial charge in [0.2, 0.25) is 0 Å². The molecule has 2 heteroatoms. The average molecular weight is 330 g/mol. The van der Waals surface area contributed by atoms with E-state index >= 15 is 0 Å². The summed E-state index contributed by atoms with van der Waals surface area (Å²) in [6.07, 6.45) is 8.48. The molecule has 0 N–H and O–H groups in total. The fourth-order valence-corrected chi connectivity index (χ4v) is 2.56. The molecule has 1 aliphatic carbocycles. The van der Waals surface area contributed by atoms with E-state index in [2.05, 4.69) is 46.9 Å². The van der Waals surface area contributed by atoms with Crippen LogP contribution >= 0.6 is 22.6 Å². The number of halogens is 1. The SMILES string of the molecule is Ic1ccc(COC2CCCCCC2)cc1. The van der Waals surface area contributed by atoms with Crippen molar-refractivity contribution in [2.75, 3.05) is 0 Å². The van der Waals surface area contributed by atoms with E-state index in [1.165, 1.54) is 47.7 Å². The first-order valence-corrected chi connectivity index (χ1v) is 7.28. The third kappa shape index (κ3) is 4.06. The fraction of sp³-hybridized carbons (Fsp3) is 0.571. The van der Waals surface area contributed by atoms with Gasteiger partial charge in [0.05, 0.1) is 12.7 Å². The van der Waals surface area contributed by atoms with Crippen LogP contribution in [0.25, 0.3) is 0 Å². The Morgan fingerprint density at radius 3 is 2.25 bits per heavy atom. The topological polar surface area (TPSA) is 9.23 Å². The van der Waals surface area contributed by atoms with E-state index in [1.54, 1.807) is 0 Å². The minimum Gasteiger partial charge on any atom is -0.374 e. The summed E-state index contributed by atoms with van der Waals surface area (Å²) in [5, 5.41) is 0. The monoisotopic (exact) mass is 330 g/mol. The summed E-state index contributed by atoms with van der Waals surface area (Å²) in [6, 6.07) is 8.62. The molecule has 0 amide bonds. The van der Waals surface area contributed by atoms with Crippen LogP contribution in [0, 0.1) is 3.57 Å². The number of rotatable bonds is 3. The van der Waals surface area contributed by atoms with Gasteiger partial charge in [-0.1, -0.05) is 37.8 Å². The number of ether oxygens (including phenoxy) is 1. The molecule has 1 aromatic rings. The number of hydrogen-bond acceptors (Lipinski definition) is 1. The zero-order valence-corrected chi connectivity index (χ0v) is 11.8. The predicted octanol–water partition coefficient (Wildman–Crippen LogP) is 4.53. The zero-order chi connectivity index (χ0) is 11.2. The second kappa shape index (κ2) is 6.60. The second-order valence-corrected chi connectivity index (χ2v) is 5.80. The summed E-state index contributed by atoms with van der Waals surface area (Å²) >= 11 is 2.33. The van der Waals surface area contributed by atoms with Gasteiger partial charge in [0.1, 0.15) is 0 Å². The van der Waals surface area contributed by atoms with Gasteiger partial charge in [-0.05, 0) is 53.1 Å². The molecule has 1 aromatic carbocycles. The van der Waals surface area contributed by atoms with Gasteiger partial charge in [-0.15, -0.1) is 0 Å². The Morgan fingerprint density at radius 1 is 1.00 bits per heavy atom. The van der Waals surface area contributed by atoms with Crippen LogP contribution in [0.15, 0.2) is 24.3 Å². The molecule has 1 nitrogen and oxygen atoms in total. The first-order chi connectivity index (χ1) is 7.84. The smallest absolute Gasteiger partial charge is 0.0720 e. The van der Waals surface area contributed by atoms with Crippen molar-refractivity contribution in [2.24, 2.45) is 0 Å². The van der Waals surface area contributed by atoms with Gasteiger partial charge in [-0.3, -0.25) is 0 Å². The third-order valence-electron chi connectivity index (χ3n) is 3.20. The minimum absolute atomic E-state index is 0.502. The van der Waals surface area contributed by atoms with Gasteiger partial charge < -0.3 is 4.74 Å². The van der Waals surface area contributed by atoms with Crippen LogP contribution in [0.1, 0.15) is 44.1 Å². The van der Waals surface area contributed by atoms with Crippen molar-refractivity contribution < 1.29 is 4.74 Å². The highest BCUT2D eigenvalue weighted by molar-refractivity contribution is 14.1. The Kier molecular flexibility index (Phi) is 5.10. The number of hydrogen-bond donors (Lipinski definition) is 0. The van der Waals surface area contributed by atoms with Crippen LogP contribution in [0.4, 0.5) is 0 Å². The molecule has 1 fully saturated rings. The Morgan fingerprint density at radius 2 is 1.62 bits per heavy atom. The van der Waals surface area contributed by atoms with Crippen molar-refractivity contribution >= 4 is 22.6 Å². The molecule has 16 heavy (non-hydrogen) atoms. The quantitative estimate of drug-likeness (QED) is 0.584. The first kappa shape index (κ1) is 12.4. The van der Waals surface area contributed by atoms with Gasteiger partial charge in [-0.2, -0.15) is 0 Å². The van der Waals surface area contributed by atoms with Gasteiger partial charge in [0.25, 0.3) is 0 Å². The zero-order valence-electron chi connectivity index (χ0n) is 9.62. The highest BCUT2D eigenvalue weighted by Gasteiger charge is 2.12. The van der Waals surface area contributed by atoms with Crippen LogP contribution in [0.3, 0.4) is 0 Å². The van der Waals surface area contributed by atoms with Crippen molar-refractivity contribution in [2.45, 2.75) is 51.2 Å².